The van der Waals surface area contributed by atoms with Crippen LogP contribution < -0.4 is 15.6 Å². The lowest BCUT2D eigenvalue weighted by Crippen LogP contribution is -2.37. The van der Waals surface area contributed by atoms with Crippen molar-refractivity contribution in [3.05, 3.63) is 71.2 Å². The van der Waals surface area contributed by atoms with Crippen LogP contribution in [0.2, 0.25) is 0 Å². The van der Waals surface area contributed by atoms with E-state index in [2.05, 4.69) is 25.8 Å². The van der Waals surface area contributed by atoms with Gasteiger partial charge in [-0.25, -0.2) is 14.8 Å². The first-order valence-corrected chi connectivity index (χ1v) is 11.4. The Morgan fingerprint density at radius 2 is 1.83 bits per heavy atom. The van der Waals surface area contributed by atoms with E-state index in [1.807, 2.05) is 26.0 Å². The Morgan fingerprint density at radius 3 is 2.56 bits per heavy atom. The summed E-state index contributed by atoms with van der Waals surface area (Å²) in [6, 6.07) is 10.5. The van der Waals surface area contributed by atoms with Gasteiger partial charge in [-0.05, 0) is 47.4 Å². The highest BCUT2D eigenvalue weighted by atomic mass is 19.4. The largest absolute Gasteiger partial charge is 0.416 e. The summed E-state index contributed by atoms with van der Waals surface area (Å²) in [5.41, 5.74) is 4.76. The van der Waals surface area contributed by atoms with Crippen LogP contribution in [0.5, 0.6) is 0 Å². The monoisotopic (exact) mass is 502 g/mol. The Kier molecular flexibility index (Phi) is 7.68. The molecule has 2 heterocycles. The van der Waals surface area contributed by atoms with Crippen LogP contribution in [0.3, 0.4) is 0 Å². The molecule has 0 amide bonds. The van der Waals surface area contributed by atoms with E-state index in [1.165, 1.54) is 6.07 Å². The topological polar surface area (TPSA) is 74.7 Å². The van der Waals surface area contributed by atoms with Gasteiger partial charge in [0.05, 0.1) is 31.2 Å². The number of hydrogen-bond donors (Lipinski definition) is 2. The molecule has 1 aliphatic rings. The minimum Gasteiger partial charge on any atom is -0.378 e. The van der Waals surface area contributed by atoms with Gasteiger partial charge in [-0.3, -0.25) is 0 Å². The van der Waals surface area contributed by atoms with Crippen LogP contribution in [-0.4, -0.2) is 42.5 Å². The van der Waals surface area contributed by atoms with Crippen molar-refractivity contribution in [2.24, 2.45) is 5.10 Å². The number of nitrogens with zero attached hydrogens (tertiary/aromatic N) is 4. The molecule has 0 aliphatic carbocycles. The summed E-state index contributed by atoms with van der Waals surface area (Å²) in [5, 5.41) is 7.25. The minimum absolute atomic E-state index is 0.115. The van der Waals surface area contributed by atoms with Gasteiger partial charge in [0.1, 0.15) is 0 Å². The van der Waals surface area contributed by atoms with Gasteiger partial charge in [-0.15, -0.1) is 0 Å². The van der Waals surface area contributed by atoms with E-state index in [4.69, 9.17) is 4.74 Å². The number of hydrogen-bond acceptors (Lipinski definition) is 7. The summed E-state index contributed by atoms with van der Waals surface area (Å²) in [6.45, 7) is 6.09. The Morgan fingerprint density at radius 1 is 1.08 bits per heavy atom. The van der Waals surface area contributed by atoms with Crippen molar-refractivity contribution >= 4 is 29.4 Å². The zero-order chi connectivity index (χ0) is 25.7. The first-order chi connectivity index (χ1) is 17.2. The van der Waals surface area contributed by atoms with Gasteiger partial charge in [-0.1, -0.05) is 26.0 Å². The van der Waals surface area contributed by atoms with Gasteiger partial charge in [0.25, 0.3) is 0 Å². The van der Waals surface area contributed by atoms with Crippen molar-refractivity contribution in [1.82, 2.24) is 9.97 Å². The Hall–Kier alpha value is -3.73. The predicted molar refractivity (Wildman–Crippen MR) is 131 cm³/mol. The van der Waals surface area contributed by atoms with Crippen molar-refractivity contribution in [1.29, 1.82) is 0 Å². The van der Waals surface area contributed by atoms with Gasteiger partial charge in [0, 0.05) is 24.5 Å². The number of alkyl halides is 3. The summed E-state index contributed by atoms with van der Waals surface area (Å²) in [4.78, 5) is 9.98. The minimum atomic E-state index is -4.41. The molecule has 0 bridgehead atoms. The molecule has 2 aromatic carbocycles. The number of morpholine rings is 1. The number of ether oxygens (including phenoxy) is 1. The molecular weight excluding hydrogens is 476 g/mol. The van der Waals surface area contributed by atoms with E-state index in [0.717, 1.165) is 29.5 Å². The Labute approximate surface area is 206 Å². The van der Waals surface area contributed by atoms with Crippen LogP contribution >= 0.6 is 0 Å². The molecule has 1 aliphatic heterocycles. The molecular formula is C25H26F4N6O. The molecule has 1 fully saturated rings. The molecule has 2 N–H and O–H groups in total. The number of rotatable bonds is 7. The van der Waals surface area contributed by atoms with Crippen LogP contribution in [0.1, 0.15) is 36.5 Å². The molecule has 0 saturated carbocycles. The third kappa shape index (κ3) is 6.28. The van der Waals surface area contributed by atoms with Crippen LogP contribution in [0, 0.1) is 5.82 Å². The number of hydrazone groups is 1. The second-order valence-corrected chi connectivity index (χ2v) is 8.54. The van der Waals surface area contributed by atoms with E-state index in [9.17, 15) is 17.6 Å². The average molecular weight is 503 g/mol. The third-order valence-corrected chi connectivity index (χ3v) is 5.59. The predicted octanol–water partition coefficient (Wildman–Crippen LogP) is 5.78. The first kappa shape index (κ1) is 25.4. The summed E-state index contributed by atoms with van der Waals surface area (Å²) >= 11 is 0. The highest BCUT2D eigenvalue weighted by molar-refractivity contribution is 5.84. The number of nitrogens with one attached hydrogen (secondary N) is 2. The smallest absolute Gasteiger partial charge is 0.378 e. The maximum atomic E-state index is 14.2. The van der Waals surface area contributed by atoms with E-state index >= 15 is 0 Å². The van der Waals surface area contributed by atoms with Gasteiger partial charge in [0.15, 0.2) is 11.6 Å². The normalized spacial score (nSPS) is 14.5. The number of halogens is 4. The lowest BCUT2D eigenvalue weighted by molar-refractivity contribution is -0.137. The van der Waals surface area contributed by atoms with Crippen molar-refractivity contribution in [3.63, 3.8) is 0 Å². The molecule has 1 aromatic heterocycles. The van der Waals surface area contributed by atoms with E-state index < -0.39 is 17.6 Å². The van der Waals surface area contributed by atoms with E-state index in [1.54, 1.807) is 23.2 Å². The molecule has 0 radical (unpaired) electrons. The summed E-state index contributed by atoms with van der Waals surface area (Å²) < 4.78 is 58.6. The zero-order valence-electron chi connectivity index (χ0n) is 19.8. The highest BCUT2D eigenvalue weighted by Gasteiger charge is 2.30. The average Bonchev–Trinajstić information content (AvgIpc) is 2.86. The quantitative estimate of drug-likeness (QED) is 0.242. The molecule has 190 valence electrons. The summed E-state index contributed by atoms with van der Waals surface area (Å²) in [6.07, 6.45) is -1.71. The summed E-state index contributed by atoms with van der Waals surface area (Å²) in [7, 11) is 0. The van der Waals surface area contributed by atoms with Crippen molar-refractivity contribution in [3.8, 4) is 0 Å². The molecule has 7 nitrogen and oxygen atoms in total. The first-order valence-electron chi connectivity index (χ1n) is 11.4. The van der Waals surface area contributed by atoms with Crippen molar-refractivity contribution in [2.45, 2.75) is 25.9 Å². The molecule has 0 spiro atoms. The van der Waals surface area contributed by atoms with Crippen LogP contribution in [-0.2, 0) is 10.9 Å². The van der Waals surface area contributed by atoms with Gasteiger partial charge < -0.3 is 15.0 Å². The Balaban J connectivity index is 1.49. The highest BCUT2D eigenvalue weighted by Crippen LogP contribution is 2.32. The SMILES string of the molecule is CC(C)c1cc(Nc2cccc(C(F)(F)F)c2)ccc1/C=N/Nc1ncc(F)c(N2CCOCC2)n1. The zero-order valence-corrected chi connectivity index (χ0v) is 19.8. The fourth-order valence-corrected chi connectivity index (χ4v) is 3.78. The number of anilines is 4. The molecule has 11 heteroatoms. The molecule has 0 atom stereocenters. The van der Waals surface area contributed by atoms with Crippen molar-refractivity contribution < 1.29 is 22.3 Å². The second-order valence-electron chi connectivity index (χ2n) is 8.54. The molecule has 36 heavy (non-hydrogen) atoms. The fraction of sp³-hybridized carbons (Fsp3) is 0.320. The van der Waals surface area contributed by atoms with Gasteiger partial charge in [0.2, 0.25) is 5.95 Å². The Bertz CT molecular complexity index is 1230. The maximum absolute atomic E-state index is 14.2. The lowest BCUT2D eigenvalue weighted by Gasteiger charge is -2.27. The fourth-order valence-electron chi connectivity index (χ4n) is 3.78. The van der Waals surface area contributed by atoms with Crippen LogP contribution in [0.15, 0.2) is 53.8 Å². The van der Waals surface area contributed by atoms with E-state index in [-0.39, 0.29) is 17.7 Å². The second kappa shape index (κ2) is 10.9. The standard InChI is InChI=1S/C25H26F4N6O/c1-16(2)21-13-20(32-19-5-3-4-18(12-19)25(27,28)29)7-6-17(21)14-31-34-24-30-15-22(26)23(33-24)35-8-10-36-11-9-35/h3-7,12-16,32H,8-11H2,1-2H3,(H,30,33,34)/b31-14+. The number of benzene rings is 2. The van der Waals surface area contributed by atoms with Gasteiger partial charge in [-0.2, -0.15) is 23.3 Å². The van der Waals surface area contributed by atoms with E-state index in [0.29, 0.717) is 37.7 Å². The molecule has 1 saturated heterocycles. The van der Waals surface area contributed by atoms with Crippen LogP contribution in [0.4, 0.5) is 40.7 Å². The number of aromatic nitrogens is 2. The van der Waals surface area contributed by atoms with Crippen LogP contribution in [0.25, 0.3) is 0 Å². The molecule has 0 unspecified atom stereocenters. The maximum Gasteiger partial charge on any atom is 0.416 e. The summed E-state index contributed by atoms with van der Waals surface area (Å²) in [5.74, 6) is -0.0518. The lowest BCUT2D eigenvalue weighted by atomic mass is 9.97. The van der Waals surface area contributed by atoms with Gasteiger partial charge >= 0.3 is 6.18 Å². The third-order valence-electron chi connectivity index (χ3n) is 5.59. The van der Waals surface area contributed by atoms with Crippen molar-refractivity contribution in [2.75, 3.05) is 41.9 Å². The molecule has 4 rings (SSSR count). The molecule has 3 aromatic rings.